The number of carbonyl (C=O) groups is 3. The van der Waals surface area contributed by atoms with E-state index in [4.69, 9.17) is 4.74 Å². The largest absolute Gasteiger partial charge is 0.494 e. The van der Waals surface area contributed by atoms with Gasteiger partial charge in [-0.15, -0.1) is 0 Å². The number of ether oxygens (including phenoxy) is 1. The van der Waals surface area contributed by atoms with E-state index in [0.717, 1.165) is 31.6 Å². The predicted molar refractivity (Wildman–Crippen MR) is 151 cm³/mol. The van der Waals surface area contributed by atoms with Gasteiger partial charge in [0.1, 0.15) is 0 Å². The van der Waals surface area contributed by atoms with Crippen LogP contribution in [0.4, 0.5) is 9.18 Å². The molecule has 0 bridgehead atoms. The summed E-state index contributed by atoms with van der Waals surface area (Å²) in [6.45, 7) is 9.07. The Kier molecular flexibility index (Phi) is 9.10. The second-order valence-corrected chi connectivity index (χ2v) is 10.7. The third kappa shape index (κ3) is 6.45. The van der Waals surface area contributed by atoms with Crippen molar-refractivity contribution in [3.63, 3.8) is 0 Å². The molecule has 0 spiro atoms. The predicted octanol–water partition coefficient (Wildman–Crippen LogP) is 4.09. The van der Waals surface area contributed by atoms with Crippen LogP contribution in [0.5, 0.6) is 5.75 Å². The van der Waals surface area contributed by atoms with Crippen LogP contribution in [0, 0.1) is 17.7 Å². The summed E-state index contributed by atoms with van der Waals surface area (Å²) in [5, 5.41) is 4.86. The molecule has 212 valence electrons. The number of nitrogens with one attached hydrogen (secondary N) is 2. The highest BCUT2D eigenvalue weighted by Crippen LogP contribution is 2.32. The Labute approximate surface area is 235 Å². The molecule has 3 aliphatic heterocycles. The average molecular weight is 549 g/mol. The number of halogens is 1. The van der Waals surface area contributed by atoms with E-state index in [0.29, 0.717) is 11.1 Å². The Balaban J connectivity index is 1.63. The summed E-state index contributed by atoms with van der Waals surface area (Å²) in [6, 6.07) is 2.39. The number of allylic oxidation sites excluding steroid dienone is 5. The van der Waals surface area contributed by atoms with Crippen LogP contribution in [0.3, 0.4) is 0 Å². The van der Waals surface area contributed by atoms with Gasteiger partial charge >= 0.3 is 6.03 Å². The van der Waals surface area contributed by atoms with E-state index >= 15 is 0 Å². The number of hydrogen-bond acceptors (Lipinski definition) is 5. The molecule has 1 aromatic rings. The van der Waals surface area contributed by atoms with Gasteiger partial charge in [-0.25, -0.2) is 9.18 Å². The van der Waals surface area contributed by atoms with Gasteiger partial charge in [-0.2, -0.15) is 0 Å². The highest BCUT2D eigenvalue weighted by Gasteiger charge is 2.48. The highest BCUT2D eigenvalue weighted by atomic mass is 19.1. The van der Waals surface area contributed by atoms with E-state index < -0.39 is 29.2 Å². The third-order valence-corrected chi connectivity index (χ3v) is 7.49. The topological polar surface area (TPSA) is 91.0 Å². The molecule has 2 fully saturated rings. The Morgan fingerprint density at radius 3 is 2.52 bits per heavy atom. The van der Waals surface area contributed by atoms with Gasteiger partial charge in [-0.05, 0) is 70.0 Å². The van der Waals surface area contributed by atoms with Crippen LogP contribution in [-0.2, 0) is 11.3 Å². The summed E-state index contributed by atoms with van der Waals surface area (Å²) in [4.78, 5) is 42.2. The van der Waals surface area contributed by atoms with Crippen molar-refractivity contribution in [3.05, 3.63) is 64.0 Å². The first-order valence-electron chi connectivity index (χ1n) is 13.7. The van der Waals surface area contributed by atoms with E-state index in [1.54, 1.807) is 6.07 Å². The van der Waals surface area contributed by atoms with Crippen LogP contribution in [0.1, 0.15) is 62.4 Å². The fourth-order valence-electron chi connectivity index (χ4n) is 5.12. The molecule has 9 heteroatoms. The third-order valence-electron chi connectivity index (χ3n) is 7.49. The maximum atomic E-state index is 14.9. The minimum atomic E-state index is -1.69. The molecule has 2 N–H and O–H groups in total. The van der Waals surface area contributed by atoms with Crippen molar-refractivity contribution in [2.45, 2.75) is 58.5 Å². The SMILES string of the molecule is CCC(C)=CC(C#CC1(CN2Cc3ccc(OC)c(F)c3C2=O)NC(=O)NC1=O)=CC=C(C)CN1CCCCC1. The van der Waals surface area contributed by atoms with Gasteiger partial charge in [0.2, 0.25) is 5.54 Å². The maximum absolute atomic E-state index is 14.9. The van der Waals surface area contributed by atoms with Crippen molar-refractivity contribution in [2.24, 2.45) is 0 Å². The van der Waals surface area contributed by atoms with E-state index in [1.807, 2.05) is 32.1 Å². The Bertz CT molecular complexity index is 1350. The van der Waals surface area contributed by atoms with E-state index in [2.05, 4.69) is 34.3 Å². The van der Waals surface area contributed by atoms with Crippen LogP contribution < -0.4 is 15.4 Å². The summed E-state index contributed by atoms with van der Waals surface area (Å²) < 4.78 is 19.9. The lowest BCUT2D eigenvalue weighted by Crippen LogP contribution is -2.54. The lowest BCUT2D eigenvalue weighted by molar-refractivity contribution is -0.122. The lowest BCUT2D eigenvalue weighted by Gasteiger charge is -2.26. The van der Waals surface area contributed by atoms with Gasteiger partial charge in [0.25, 0.3) is 11.8 Å². The van der Waals surface area contributed by atoms with Gasteiger partial charge in [0.15, 0.2) is 11.6 Å². The molecular weight excluding hydrogens is 511 g/mol. The van der Waals surface area contributed by atoms with Gasteiger partial charge in [-0.3, -0.25) is 19.8 Å². The first-order valence-corrected chi connectivity index (χ1v) is 13.7. The first kappa shape index (κ1) is 29.1. The number of hydrogen-bond donors (Lipinski definition) is 2. The van der Waals surface area contributed by atoms with Crippen molar-refractivity contribution in [3.8, 4) is 17.6 Å². The molecule has 4 rings (SSSR count). The number of piperidine rings is 1. The second kappa shape index (κ2) is 12.5. The highest BCUT2D eigenvalue weighted by molar-refractivity contribution is 6.10. The number of nitrogens with zero attached hydrogens (tertiary/aromatic N) is 2. The normalized spacial score (nSPS) is 22.1. The van der Waals surface area contributed by atoms with Crippen molar-refractivity contribution < 1.29 is 23.5 Å². The molecular formula is C31H37FN4O4. The van der Waals surface area contributed by atoms with E-state index in [1.165, 1.54) is 42.9 Å². The zero-order valence-electron chi connectivity index (χ0n) is 23.7. The van der Waals surface area contributed by atoms with Gasteiger partial charge in [0.05, 0.1) is 19.2 Å². The molecule has 1 atom stereocenters. The van der Waals surface area contributed by atoms with Gasteiger partial charge < -0.3 is 15.0 Å². The molecule has 0 saturated carbocycles. The molecule has 0 radical (unpaired) electrons. The van der Waals surface area contributed by atoms with Crippen molar-refractivity contribution >= 4 is 17.8 Å². The zero-order valence-corrected chi connectivity index (χ0v) is 23.7. The first-order chi connectivity index (χ1) is 19.2. The molecule has 1 unspecified atom stereocenters. The monoisotopic (exact) mass is 548 g/mol. The Morgan fingerprint density at radius 1 is 1.12 bits per heavy atom. The minimum Gasteiger partial charge on any atom is -0.494 e. The number of imide groups is 1. The number of urea groups is 1. The molecule has 2 saturated heterocycles. The summed E-state index contributed by atoms with van der Waals surface area (Å²) in [7, 11) is 1.33. The molecule has 0 aromatic heterocycles. The van der Waals surface area contributed by atoms with E-state index in [-0.39, 0.29) is 24.4 Å². The molecule has 3 aliphatic rings. The number of benzene rings is 1. The zero-order chi connectivity index (χ0) is 28.9. The fraction of sp³-hybridized carbons (Fsp3) is 0.452. The minimum absolute atomic E-state index is 0.0353. The molecule has 3 heterocycles. The molecule has 8 nitrogen and oxygen atoms in total. The number of carbonyl (C=O) groups excluding carboxylic acids is 3. The molecule has 40 heavy (non-hydrogen) atoms. The van der Waals surface area contributed by atoms with Crippen LogP contribution in [0.2, 0.25) is 0 Å². The van der Waals surface area contributed by atoms with Gasteiger partial charge in [-0.1, -0.05) is 48.5 Å². The number of amides is 4. The van der Waals surface area contributed by atoms with Crippen molar-refractivity contribution in [1.82, 2.24) is 20.4 Å². The van der Waals surface area contributed by atoms with Crippen LogP contribution in [0.25, 0.3) is 0 Å². The second-order valence-electron chi connectivity index (χ2n) is 10.7. The van der Waals surface area contributed by atoms with Crippen LogP contribution >= 0.6 is 0 Å². The summed E-state index contributed by atoms with van der Waals surface area (Å²) in [5.41, 5.74) is 1.68. The Hall–Kier alpha value is -3.90. The van der Waals surface area contributed by atoms with Crippen LogP contribution in [-0.4, -0.2) is 66.5 Å². The summed E-state index contributed by atoms with van der Waals surface area (Å²) in [6.07, 6.45) is 10.5. The Morgan fingerprint density at radius 2 is 1.88 bits per heavy atom. The average Bonchev–Trinajstić information content (AvgIpc) is 3.40. The van der Waals surface area contributed by atoms with Gasteiger partial charge in [0, 0.05) is 18.7 Å². The van der Waals surface area contributed by atoms with Crippen molar-refractivity contribution in [1.29, 1.82) is 0 Å². The molecule has 4 amide bonds. The number of fused-ring (bicyclic) bond motifs is 1. The summed E-state index contributed by atoms with van der Waals surface area (Å²) >= 11 is 0. The number of likely N-dealkylation sites (tertiary alicyclic amines) is 1. The lowest BCUT2D eigenvalue weighted by atomic mass is 9.98. The number of rotatable bonds is 8. The maximum Gasteiger partial charge on any atom is 0.323 e. The fourth-order valence-corrected chi connectivity index (χ4v) is 5.12. The van der Waals surface area contributed by atoms with Crippen molar-refractivity contribution in [2.75, 3.05) is 33.3 Å². The molecule has 0 aliphatic carbocycles. The van der Waals surface area contributed by atoms with Crippen LogP contribution in [0.15, 0.2) is 47.1 Å². The smallest absolute Gasteiger partial charge is 0.323 e. The van der Waals surface area contributed by atoms with E-state index in [9.17, 15) is 18.8 Å². The molecule has 1 aromatic carbocycles. The summed E-state index contributed by atoms with van der Waals surface area (Å²) in [5.74, 6) is 4.03. The number of methoxy groups -OCH3 is 1. The quantitative estimate of drug-likeness (QED) is 0.290. The standard InChI is InChI=1S/C31H37FN4O4/c1-5-21(2)17-23(10-9-22(3)18-35-15-7-6-8-16-35)13-14-31(29(38)33-30(39)34-31)20-36-19-24-11-12-25(40-4)27(32)26(24)28(36)37/h9-12,17H,5-8,15-16,18-20H2,1-4H3,(H2,33,34,38,39).